The molecule has 5 heteroatoms. The first-order valence-electron chi connectivity index (χ1n) is 4.90. The summed E-state index contributed by atoms with van der Waals surface area (Å²) in [7, 11) is 0. The van der Waals surface area contributed by atoms with Crippen LogP contribution in [0.3, 0.4) is 0 Å². The molecule has 0 aromatic heterocycles. The predicted octanol–water partition coefficient (Wildman–Crippen LogP) is 2.62. The van der Waals surface area contributed by atoms with Crippen LogP contribution in [0.15, 0.2) is 18.2 Å². The van der Waals surface area contributed by atoms with Crippen molar-refractivity contribution in [1.29, 1.82) is 0 Å². The number of carbonyl (C=O) groups is 1. The van der Waals surface area contributed by atoms with Gasteiger partial charge in [0, 0.05) is 0 Å². The number of para-hydroxylation sites is 1. The molecule has 16 heavy (non-hydrogen) atoms. The Morgan fingerprint density at radius 1 is 1.44 bits per heavy atom. The molecule has 0 spiro atoms. The Morgan fingerprint density at radius 2 is 2.12 bits per heavy atom. The van der Waals surface area contributed by atoms with Gasteiger partial charge in [0.2, 0.25) is 5.91 Å². The highest BCUT2D eigenvalue weighted by Gasteiger charge is 2.07. The van der Waals surface area contributed by atoms with Crippen LogP contribution in [-0.2, 0) is 4.79 Å². The summed E-state index contributed by atoms with van der Waals surface area (Å²) < 4.78 is 0. The zero-order valence-electron chi connectivity index (χ0n) is 9.34. The summed E-state index contributed by atoms with van der Waals surface area (Å²) in [5.74, 6) is -0.0759. The van der Waals surface area contributed by atoms with E-state index >= 15 is 0 Å². The molecule has 0 unspecified atom stereocenters. The van der Waals surface area contributed by atoms with Crippen LogP contribution in [-0.4, -0.2) is 19.0 Å². The lowest BCUT2D eigenvalue weighted by Gasteiger charge is -2.10. The largest absolute Gasteiger partial charge is 0.323 e. The molecule has 90 valence electrons. The van der Waals surface area contributed by atoms with E-state index < -0.39 is 0 Å². The van der Waals surface area contributed by atoms with Crippen molar-refractivity contribution in [2.75, 3.05) is 18.4 Å². The van der Waals surface area contributed by atoms with Crippen LogP contribution >= 0.6 is 24.0 Å². The summed E-state index contributed by atoms with van der Waals surface area (Å²) in [6.07, 6.45) is 0. The van der Waals surface area contributed by atoms with Crippen molar-refractivity contribution < 1.29 is 4.79 Å². The fourth-order valence-corrected chi connectivity index (χ4v) is 1.48. The molecule has 0 aliphatic rings. The summed E-state index contributed by atoms with van der Waals surface area (Å²) in [5.41, 5.74) is 1.66. The summed E-state index contributed by atoms with van der Waals surface area (Å²) in [4.78, 5) is 11.4. The van der Waals surface area contributed by atoms with Crippen molar-refractivity contribution in [3.63, 3.8) is 0 Å². The van der Waals surface area contributed by atoms with Gasteiger partial charge in [-0.2, -0.15) is 0 Å². The van der Waals surface area contributed by atoms with Crippen LogP contribution in [0, 0.1) is 6.92 Å². The second kappa shape index (κ2) is 7.49. The molecule has 0 fully saturated rings. The Morgan fingerprint density at radius 3 is 2.69 bits per heavy atom. The van der Waals surface area contributed by atoms with Crippen LogP contribution in [0.1, 0.15) is 12.5 Å². The van der Waals surface area contributed by atoms with Crippen molar-refractivity contribution >= 4 is 35.6 Å². The first-order chi connectivity index (χ1) is 7.15. The fraction of sp³-hybridized carbons (Fsp3) is 0.364. The Kier molecular flexibility index (Phi) is 7.13. The number of carbonyl (C=O) groups excluding carboxylic acids is 1. The van der Waals surface area contributed by atoms with Gasteiger partial charge >= 0.3 is 0 Å². The van der Waals surface area contributed by atoms with E-state index in [0.29, 0.717) is 17.3 Å². The van der Waals surface area contributed by atoms with Gasteiger partial charge in [0.1, 0.15) is 0 Å². The molecule has 0 aliphatic carbocycles. The molecule has 1 rings (SSSR count). The van der Waals surface area contributed by atoms with E-state index in [1.807, 2.05) is 26.0 Å². The van der Waals surface area contributed by atoms with E-state index in [0.717, 1.165) is 12.1 Å². The third-order valence-corrected chi connectivity index (χ3v) is 2.34. The summed E-state index contributed by atoms with van der Waals surface area (Å²) >= 11 is 5.97. The summed E-state index contributed by atoms with van der Waals surface area (Å²) in [6.45, 7) is 4.94. The lowest BCUT2D eigenvalue weighted by atomic mass is 10.2. The van der Waals surface area contributed by atoms with Gasteiger partial charge in [0.25, 0.3) is 0 Å². The second-order valence-corrected chi connectivity index (χ2v) is 3.67. The van der Waals surface area contributed by atoms with Gasteiger partial charge in [-0.25, -0.2) is 0 Å². The highest BCUT2D eigenvalue weighted by molar-refractivity contribution is 6.33. The van der Waals surface area contributed by atoms with Gasteiger partial charge in [-0.05, 0) is 25.1 Å². The lowest BCUT2D eigenvalue weighted by molar-refractivity contribution is -0.115. The number of likely N-dealkylation sites (N-methyl/N-ethyl adjacent to an activating group) is 1. The number of nitrogens with one attached hydrogen (secondary N) is 2. The van der Waals surface area contributed by atoms with Gasteiger partial charge < -0.3 is 10.6 Å². The number of benzene rings is 1. The zero-order chi connectivity index (χ0) is 11.3. The molecular weight excluding hydrogens is 247 g/mol. The maximum Gasteiger partial charge on any atom is 0.238 e. The topological polar surface area (TPSA) is 41.1 Å². The van der Waals surface area contributed by atoms with E-state index in [2.05, 4.69) is 10.6 Å². The van der Waals surface area contributed by atoms with Crippen molar-refractivity contribution in [3.8, 4) is 0 Å². The highest BCUT2D eigenvalue weighted by atomic mass is 35.5. The van der Waals surface area contributed by atoms with Crippen LogP contribution in [0.25, 0.3) is 0 Å². The van der Waals surface area contributed by atoms with Gasteiger partial charge in [0.05, 0.1) is 17.3 Å². The van der Waals surface area contributed by atoms with E-state index in [1.54, 1.807) is 6.07 Å². The molecule has 0 atom stereocenters. The molecule has 0 heterocycles. The third-order valence-electron chi connectivity index (χ3n) is 2.02. The zero-order valence-corrected chi connectivity index (χ0v) is 10.9. The summed E-state index contributed by atoms with van der Waals surface area (Å²) in [5, 5.41) is 6.30. The van der Waals surface area contributed by atoms with Gasteiger partial charge in [-0.15, -0.1) is 12.4 Å². The monoisotopic (exact) mass is 262 g/mol. The maximum atomic E-state index is 11.4. The van der Waals surface area contributed by atoms with Crippen LogP contribution in [0.2, 0.25) is 5.02 Å². The van der Waals surface area contributed by atoms with Crippen molar-refractivity contribution in [1.82, 2.24) is 5.32 Å². The Bertz CT molecular complexity index is 336. The number of hydrogen-bond donors (Lipinski definition) is 2. The SMILES string of the molecule is CCNCC(=O)Nc1c(C)cccc1Cl.Cl. The number of amides is 1. The normalized spacial score (nSPS) is 9.44. The molecule has 1 amide bonds. The molecule has 1 aromatic carbocycles. The summed E-state index contributed by atoms with van der Waals surface area (Å²) in [6, 6.07) is 5.53. The number of halogens is 2. The Labute approximate surface area is 107 Å². The Balaban J connectivity index is 0.00000225. The van der Waals surface area contributed by atoms with E-state index in [9.17, 15) is 4.79 Å². The highest BCUT2D eigenvalue weighted by Crippen LogP contribution is 2.24. The lowest BCUT2D eigenvalue weighted by Crippen LogP contribution is -2.28. The minimum atomic E-state index is -0.0759. The first kappa shape index (κ1) is 15.2. The molecule has 2 N–H and O–H groups in total. The molecule has 0 bridgehead atoms. The van der Waals surface area contributed by atoms with Crippen molar-refractivity contribution in [3.05, 3.63) is 28.8 Å². The first-order valence-corrected chi connectivity index (χ1v) is 5.28. The van der Waals surface area contributed by atoms with Crippen molar-refractivity contribution in [2.45, 2.75) is 13.8 Å². The maximum absolute atomic E-state index is 11.4. The number of aryl methyl sites for hydroxylation is 1. The smallest absolute Gasteiger partial charge is 0.238 e. The van der Waals surface area contributed by atoms with Crippen LogP contribution < -0.4 is 10.6 Å². The van der Waals surface area contributed by atoms with Crippen molar-refractivity contribution in [2.24, 2.45) is 0 Å². The third kappa shape index (κ3) is 4.39. The molecule has 0 saturated heterocycles. The van der Waals surface area contributed by atoms with E-state index in [1.165, 1.54) is 0 Å². The van der Waals surface area contributed by atoms with Crippen LogP contribution in [0.5, 0.6) is 0 Å². The molecule has 3 nitrogen and oxygen atoms in total. The molecule has 0 aliphatic heterocycles. The minimum absolute atomic E-state index is 0. The van der Waals surface area contributed by atoms with E-state index in [-0.39, 0.29) is 18.3 Å². The number of rotatable bonds is 4. The van der Waals surface area contributed by atoms with Gasteiger partial charge in [-0.1, -0.05) is 30.7 Å². The Hall–Kier alpha value is -0.770. The number of anilines is 1. The average Bonchev–Trinajstić information content (AvgIpc) is 2.21. The predicted molar refractivity (Wildman–Crippen MR) is 70.6 cm³/mol. The minimum Gasteiger partial charge on any atom is -0.323 e. The molecular formula is C11H16Cl2N2O. The van der Waals surface area contributed by atoms with Gasteiger partial charge in [0.15, 0.2) is 0 Å². The quantitative estimate of drug-likeness (QED) is 0.876. The molecule has 0 radical (unpaired) electrons. The van der Waals surface area contributed by atoms with Crippen LogP contribution in [0.4, 0.5) is 5.69 Å². The average molecular weight is 263 g/mol. The van der Waals surface area contributed by atoms with E-state index in [4.69, 9.17) is 11.6 Å². The molecule has 0 saturated carbocycles. The van der Waals surface area contributed by atoms with Gasteiger partial charge in [-0.3, -0.25) is 4.79 Å². The standard InChI is InChI=1S/C11H15ClN2O.ClH/c1-3-13-7-10(15)14-11-8(2)5-4-6-9(11)12;/h4-6,13H,3,7H2,1-2H3,(H,14,15);1H. The molecule has 1 aromatic rings. The second-order valence-electron chi connectivity index (χ2n) is 3.26. The fourth-order valence-electron chi connectivity index (χ4n) is 1.21. The number of hydrogen-bond acceptors (Lipinski definition) is 2.